The van der Waals surface area contributed by atoms with Gasteiger partial charge in [-0.3, -0.25) is 4.79 Å². The average Bonchev–Trinajstić information content (AvgIpc) is 3.31. The van der Waals surface area contributed by atoms with Gasteiger partial charge in [-0.25, -0.2) is 0 Å². The van der Waals surface area contributed by atoms with Crippen LogP contribution in [0.25, 0.3) is 0 Å². The number of carbonyl (C=O) groups is 1. The van der Waals surface area contributed by atoms with Crippen LogP contribution in [0.15, 0.2) is 24.3 Å². The Kier molecular flexibility index (Phi) is 4.04. The molecule has 3 heteroatoms. The monoisotopic (exact) mass is 313 g/mol. The summed E-state index contributed by atoms with van der Waals surface area (Å²) >= 11 is 0. The molecule has 124 valence electrons. The second kappa shape index (κ2) is 6.18. The van der Waals surface area contributed by atoms with Crippen LogP contribution in [-0.4, -0.2) is 24.5 Å². The first kappa shape index (κ1) is 15.0. The maximum atomic E-state index is 12.9. The number of ether oxygens (including phenoxy) is 1. The van der Waals surface area contributed by atoms with E-state index in [1.165, 1.54) is 31.2 Å². The van der Waals surface area contributed by atoms with Crippen LogP contribution in [0.5, 0.6) is 5.75 Å². The van der Waals surface area contributed by atoms with Crippen molar-refractivity contribution in [2.75, 3.05) is 13.7 Å². The lowest BCUT2D eigenvalue weighted by Gasteiger charge is -2.28. The second-order valence-corrected chi connectivity index (χ2v) is 7.66. The van der Waals surface area contributed by atoms with E-state index in [4.69, 9.17) is 4.74 Å². The highest BCUT2D eigenvalue weighted by Crippen LogP contribution is 2.50. The van der Waals surface area contributed by atoms with E-state index in [1.54, 1.807) is 7.11 Å². The molecule has 0 N–H and O–H groups in total. The van der Waals surface area contributed by atoms with E-state index in [-0.39, 0.29) is 6.04 Å². The minimum absolute atomic E-state index is 0.270. The highest BCUT2D eigenvalue weighted by Gasteiger charge is 2.41. The Labute approximate surface area is 139 Å². The molecular formula is C20H27NO2. The molecule has 1 amide bonds. The third kappa shape index (κ3) is 2.86. The quantitative estimate of drug-likeness (QED) is 0.834. The first-order valence-electron chi connectivity index (χ1n) is 9.18. The Morgan fingerprint density at radius 2 is 2.00 bits per heavy atom. The van der Waals surface area contributed by atoms with Crippen molar-refractivity contribution in [3.8, 4) is 5.75 Å². The molecule has 4 rings (SSSR count). The standard InChI is InChI=1S/C20H27NO2/c1-23-18-8-6-15(7-9-18)19-3-2-10-21(19)20(22)13-17-12-14-4-5-16(17)11-14/h6-9,14,16-17,19H,2-5,10-13H2,1H3/t14-,16-,17-,19-/m0/s1. The largest absolute Gasteiger partial charge is 0.497 e. The van der Waals surface area contributed by atoms with Gasteiger partial charge in [-0.15, -0.1) is 0 Å². The molecule has 1 aromatic rings. The number of hydrogen-bond donors (Lipinski definition) is 0. The molecule has 3 aliphatic rings. The van der Waals surface area contributed by atoms with Gasteiger partial charge in [0.1, 0.15) is 5.75 Å². The van der Waals surface area contributed by atoms with Gasteiger partial charge in [-0.1, -0.05) is 18.6 Å². The van der Waals surface area contributed by atoms with E-state index in [1.807, 2.05) is 12.1 Å². The summed E-state index contributed by atoms with van der Waals surface area (Å²) in [6, 6.07) is 8.52. The fourth-order valence-electron chi connectivity index (χ4n) is 5.21. The predicted octanol–water partition coefficient (Wildman–Crippen LogP) is 4.19. The predicted molar refractivity (Wildman–Crippen MR) is 90.2 cm³/mol. The zero-order valence-electron chi connectivity index (χ0n) is 14.0. The lowest BCUT2D eigenvalue weighted by atomic mass is 9.86. The van der Waals surface area contributed by atoms with E-state index >= 15 is 0 Å². The topological polar surface area (TPSA) is 29.5 Å². The van der Waals surface area contributed by atoms with Gasteiger partial charge in [-0.05, 0) is 67.6 Å². The number of amides is 1. The van der Waals surface area contributed by atoms with E-state index in [9.17, 15) is 4.79 Å². The smallest absolute Gasteiger partial charge is 0.223 e. The second-order valence-electron chi connectivity index (χ2n) is 7.66. The van der Waals surface area contributed by atoms with Crippen LogP contribution in [-0.2, 0) is 4.79 Å². The lowest BCUT2D eigenvalue weighted by molar-refractivity contribution is -0.133. The zero-order valence-corrected chi connectivity index (χ0v) is 14.0. The molecule has 23 heavy (non-hydrogen) atoms. The molecule has 2 aliphatic carbocycles. The Bertz CT molecular complexity index is 568. The summed E-state index contributed by atoms with van der Waals surface area (Å²) in [5.74, 6) is 3.70. The average molecular weight is 313 g/mol. The Morgan fingerprint density at radius 1 is 1.17 bits per heavy atom. The van der Waals surface area contributed by atoms with Crippen LogP contribution in [0.3, 0.4) is 0 Å². The summed E-state index contributed by atoms with van der Waals surface area (Å²) in [4.78, 5) is 15.0. The molecule has 0 radical (unpaired) electrons. The highest BCUT2D eigenvalue weighted by atomic mass is 16.5. The van der Waals surface area contributed by atoms with Gasteiger partial charge < -0.3 is 9.64 Å². The molecule has 0 aromatic heterocycles. The molecule has 2 bridgehead atoms. The van der Waals surface area contributed by atoms with Crippen molar-refractivity contribution >= 4 is 5.91 Å². The van der Waals surface area contributed by atoms with Gasteiger partial charge in [-0.2, -0.15) is 0 Å². The van der Waals surface area contributed by atoms with Crippen molar-refractivity contribution in [3.63, 3.8) is 0 Å². The van der Waals surface area contributed by atoms with Crippen LogP contribution < -0.4 is 4.74 Å². The number of hydrogen-bond acceptors (Lipinski definition) is 2. The fourth-order valence-corrected chi connectivity index (χ4v) is 5.21. The third-order valence-corrected chi connectivity index (χ3v) is 6.40. The molecule has 4 atom stereocenters. The normalized spacial score (nSPS) is 32.5. The molecule has 2 saturated carbocycles. The summed E-state index contributed by atoms with van der Waals surface area (Å²) in [5.41, 5.74) is 1.25. The number of benzene rings is 1. The molecule has 0 unspecified atom stereocenters. The van der Waals surface area contributed by atoms with E-state index in [0.717, 1.165) is 43.4 Å². The zero-order chi connectivity index (χ0) is 15.8. The molecule has 3 nitrogen and oxygen atoms in total. The van der Waals surface area contributed by atoms with Crippen LogP contribution in [0.2, 0.25) is 0 Å². The van der Waals surface area contributed by atoms with E-state index in [2.05, 4.69) is 17.0 Å². The number of nitrogens with zero attached hydrogens (tertiary/aromatic N) is 1. The van der Waals surface area contributed by atoms with Crippen molar-refractivity contribution in [3.05, 3.63) is 29.8 Å². The van der Waals surface area contributed by atoms with Gasteiger partial charge >= 0.3 is 0 Å². The number of methoxy groups -OCH3 is 1. The molecule has 1 aromatic carbocycles. The molecule has 1 saturated heterocycles. The lowest BCUT2D eigenvalue weighted by Crippen LogP contribution is -2.32. The Balaban J connectivity index is 1.43. The van der Waals surface area contributed by atoms with Gasteiger partial charge in [0.25, 0.3) is 0 Å². The molecular weight excluding hydrogens is 286 g/mol. The number of likely N-dealkylation sites (tertiary alicyclic amines) is 1. The van der Waals surface area contributed by atoms with Gasteiger partial charge in [0.2, 0.25) is 5.91 Å². The van der Waals surface area contributed by atoms with Gasteiger partial charge in [0.05, 0.1) is 13.2 Å². The van der Waals surface area contributed by atoms with Crippen LogP contribution in [0.1, 0.15) is 56.6 Å². The van der Waals surface area contributed by atoms with Crippen LogP contribution in [0, 0.1) is 17.8 Å². The minimum atomic E-state index is 0.270. The van der Waals surface area contributed by atoms with E-state index in [0.29, 0.717) is 11.8 Å². The van der Waals surface area contributed by atoms with Gasteiger partial charge in [0.15, 0.2) is 0 Å². The van der Waals surface area contributed by atoms with Gasteiger partial charge in [0, 0.05) is 13.0 Å². The molecule has 1 aliphatic heterocycles. The number of rotatable bonds is 4. The molecule has 1 heterocycles. The summed E-state index contributed by atoms with van der Waals surface area (Å²) in [6.45, 7) is 0.927. The maximum Gasteiger partial charge on any atom is 0.223 e. The fraction of sp³-hybridized carbons (Fsp3) is 0.650. The molecule has 0 spiro atoms. The van der Waals surface area contributed by atoms with Crippen molar-refractivity contribution in [1.29, 1.82) is 0 Å². The SMILES string of the molecule is COc1ccc([C@@H]2CCCN2C(=O)C[C@@H]2C[C@H]3CC[C@H]2C3)cc1. The van der Waals surface area contributed by atoms with Crippen molar-refractivity contribution in [2.45, 2.75) is 51.0 Å². The summed E-state index contributed by atoms with van der Waals surface area (Å²) in [5, 5.41) is 0. The summed E-state index contributed by atoms with van der Waals surface area (Å²) < 4.78 is 5.24. The third-order valence-electron chi connectivity index (χ3n) is 6.40. The van der Waals surface area contributed by atoms with E-state index < -0.39 is 0 Å². The molecule has 3 fully saturated rings. The Morgan fingerprint density at radius 3 is 2.65 bits per heavy atom. The van der Waals surface area contributed by atoms with Crippen molar-refractivity contribution in [2.24, 2.45) is 17.8 Å². The summed E-state index contributed by atoms with van der Waals surface area (Å²) in [6.07, 6.45) is 8.47. The van der Waals surface area contributed by atoms with Crippen molar-refractivity contribution < 1.29 is 9.53 Å². The maximum absolute atomic E-state index is 12.9. The van der Waals surface area contributed by atoms with Crippen molar-refractivity contribution in [1.82, 2.24) is 4.90 Å². The first-order chi connectivity index (χ1) is 11.2. The number of carbonyl (C=O) groups excluding carboxylic acids is 1. The van der Waals surface area contributed by atoms with Crippen LogP contribution in [0.4, 0.5) is 0 Å². The highest BCUT2D eigenvalue weighted by molar-refractivity contribution is 5.77. The Hall–Kier alpha value is -1.51. The summed E-state index contributed by atoms with van der Waals surface area (Å²) in [7, 11) is 1.69. The van der Waals surface area contributed by atoms with Crippen LogP contribution >= 0.6 is 0 Å². The number of fused-ring (bicyclic) bond motifs is 2. The first-order valence-corrected chi connectivity index (χ1v) is 9.18. The minimum Gasteiger partial charge on any atom is -0.497 e.